The van der Waals surface area contributed by atoms with E-state index >= 15 is 0 Å². The number of halogens is 1. The van der Waals surface area contributed by atoms with Gasteiger partial charge in [-0.25, -0.2) is 9.18 Å². The number of ether oxygens (including phenoxy) is 3. The Balaban J connectivity index is 2.03. The number of benzene rings is 1. The van der Waals surface area contributed by atoms with E-state index in [1.165, 1.54) is 19.2 Å². The molecular formula is C25H30FNO6. The van der Waals surface area contributed by atoms with E-state index in [4.69, 9.17) is 14.2 Å². The first kappa shape index (κ1) is 24.6. The van der Waals surface area contributed by atoms with Gasteiger partial charge in [0.1, 0.15) is 18.3 Å². The molecule has 178 valence electrons. The topological polar surface area (TPSA) is 90.9 Å². The number of nitrogens with one attached hydrogen (secondary N) is 1. The molecule has 1 aromatic carbocycles. The quantitative estimate of drug-likeness (QED) is 0.362. The summed E-state index contributed by atoms with van der Waals surface area (Å²) < 4.78 is 30.6. The lowest BCUT2D eigenvalue weighted by molar-refractivity contribution is -0.151. The second kappa shape index (κ2) is 10.7. The molecule has 0 spiro atoms. The maximum Gasteiger partial charge on any atom is 0.336 e. The molecule has 1 N–H and O–H groups in total. The van der Waals surface area contributed by atoms with Gasteiger partial charge in [0.15, 0.2) is 5.78 Å². The second-order valence-electron chi connectivity index (χ2n) is 8.31. The molecule has 0 bridgehead atoms. The maximum atomic E-state index is 15.0. The zero-order valence-electron chi connectivity index (χ0n) is 19.4. The van der Waals surface area contributed by atoms with Crippen LogP contribution in [-0.2, 0) is 28.6 Å². The van der Waals surface area contributed by atoms with Crippen LogP contribution in [0.1, 0.15) is 45.1 Å². The summed E-state index contributed by atoms with van der Waals surface area (Å²) in [4.78, 5) is 39.1. The average Bonchev–Trinajstić information content (AvgIpc) is 2.78. The Kier molecular flexibility index (Phi) is 8.02. The van der Waals surface area contributed by atoms with E-state index in [0.29, 0.717) is 24.4 Å². The fraction of sp³-hybridized carbons (Fsp3) is 0.480. The molecule has 3 atom stereocenters. The van der Waals surface area contributed by atoms with E-state index in [1.807, 2.05) is 6.92 Å². The molecular weight excluding hydrogens is 429 g/mol. The highest BCUT2D eigenvalue weighted by molar-refractivity contribution is 6.12. The minimum Gasteiger partial charge on any atom is -0.468 e. The summed E-state index contributed by atoms with van der Waals surface area (Å²) in [5.41, 5.74) is 1.58. The summed E-state index contributed by atoms with van der Waals surface area (Å²) >= 11 is 0. The van der Waals surface area contributed by atoms with Crippen LogP contribution in [0.15, 0.2) is 46.8 Å². The first-order valence-corrected chi connectivity index (χ1v) is 11.1. The molecule has 0 saturated heterocycles. The molecule has 7 nitrogen and oxygen atoms in total. The highest BCUT2D eigenvalue weighted by atomic mass is 19.1. The summed E-state index contributed by atoms with van der Waals surface area (Å²) in [6, 6.07) is 6.00. The van der Waals surface area contributed by atoms with Gasteiger partial charge in [-0.2, -0.15) is 0 Å². The predicted molar refractivity (Wildman–Crippen MR) is 118 cm³/mol. The summed E-state index contributed by atoms with van der Waals surface area (Å²) in [6.07, 6.45) is 1.23. The number of methoxy groups -OCH3 is 1. The summed E-state index contributed by atoms with van der Waals surface area (Å²) in [5, 5.41) is 3.15. The van der Waals surface area contributed by atoms with Crippen LogP contribution in [-0.4, -0.2) is 44.7 Å². The minimum absolute atomic E-state index is 0.0290. The van der Waals surface area contributed by atoms with Gasteiger partial charge in [-0.3, -0.25) is 9.59 Å². The highest BCUT2D eigenvalue weighted by Crippen LogP contribution is 2.46. The summed E-state index contributed by atoms with van der Waals surface area (Å²) in [5.74, 6) is -4.67. The van der Waals surface area contributed by atoms with E-state index in [-0.39, 0.29) is 35.8 Å². The highest BCUT2D eigenvalue weighted by Gasteiger charge is 2.47. The number of dihydropyridines is 1. The van der Waals surface area contributed by atoms with E-state index < -0.39 is 35.4 Å². The smallest absolute Gasteiger partial charge is 0.336 e. The van der Waals surface area contributed by atoms with Gasteiger partial charge < -0.3 is 19.5 Å². The third-order valence-electron chi connectivity index (χ3n) is 5.99. The van der Waals surface area contributed by atoms with Gasteiger partial charge in [0.25, 0.3) is 0 Å². The van der Waals surface area contributed by atoms with Gasteiger partial charge in [0.05, 0.1) is 25.2 Å². The number of hydrogen-bond donors (Lipinski definition) is 1. The molecule has 0 radical (unpaired) electrons. The van der Waals surface area contributed by atoms with Crippen LogP contribution in [0.4, 0.5) is 4.39 Å². The van der Waals surface area contributed by atoms with Gasteiger partial charge in [-0.15, -0.1) is 0 Å². The van der Waals surface area contributed by atoms with Crippen LogP contribution >= 0.6 is 0 Å². The largest absolute Gasteiger partial charge is 0.468 e. The lowest BCUT2D eigenvalue weighted by Crippen LogP contribution is -2.43. The lowest BCUT2D eigenvalue weighted by atomic mass is 9.69. The van der Waals surface area contributed by atoms with Crippen molar-refractivity contribution < 1.29 is 33.0 Å². The number of carbonyl (C=O) groups excluding carboxylic acids is 3. The van der Waals surface area contributed by atoms with Crippen molar-refractivity contribution in [3.05, 3.63) is 58.2 Å². The second-order valence-corrected chi connectivity index (χ2v) is 8.31. The fourth-order valence-corrected chi connectivity index (χ4v) is 4.49. The zero-order valence-corrected chi connectivity index (χ0v) is 19.4. The standard InChI is InChI=1S/C25H30FNO6/c1-5-10-32-11-12-33-25(30)20-15(3)27-18-13-14(2)19(24(29)31-4)23(28)22(18)21(20)16-8-6-7-9-17(16)26/h6-9,14,19,21,27H,5,10-13H2,1-4H3/t14-,19-,21-/m1/s1. The lowest BCUT2D eigenvalue weighted by Gasteiger charge is -2.38. The van der Waals surface area contributed by atoms with E-state index in [9.17, 15) is 18.8 Å². The van der Waals surface area contributed by atoms with Crippen molar-refractivity contribution >= 4 is 17.7 Å². The van der Waals surface area contributed by atoms with Gasteiger partial charge in [-0.05, 0) is 31.7 Å². The normalized spacial score (nSPS) is 22.6. The Morgan fingerprint density at radius 1 is 1.18 bits per heavy atom. The molecule has 2 aliphatic rings. The first-order valence-electron chi connectivity index (χ1n) is 11.1. The first-order chi connectivity index (χ1) is 15.8. The number of carbonyl (C=O) groups is 3. The molecule has 8 heteroatoms. The van der Waals surface area contributed by atoms with Crippen LogP contribution in [0.5, 0.6) is 0 Å². The van der Waals surface area contributed by atoms with Crippen molar-refractivity contribution in [2.75, 3.05) is 26.9 Å². The third kappa shape index (κ3) is 5.00. The monoisotopic (exact) mass is 459 g/mol. The van der Waals surface area contributed by atoms with Crippen LogP contribution < -0.4 is 5.32 Å². The Labute approximate surface area is 193 Å². The van der Waals surface area contributed by atoms with Crippen LogP contribution in [0.3, 0.4) is 0 Å². The van der Waals surface area contributed by atoms with E-state index in [2.05, 4.69) is 5.32 Å². The molecule has 1 aliphatic carbocycles. The summed E-state index contributed by atoms with van der Waals surface area (Å²) in [6.45, 7) is 6.28. The molecule has 0 unspecified atom stereocenters. The van der Waals surface area contributed by atoms with Crippen LogP contribution in [0.2, 0.25) is 0 Å². The molecule has 1 aromatic rings. The van der Waals surface area contributed by atoms with Gasteiger partial charge >= 0.3 is 11.9 Å². The number of ketones is 1. The minimum atomic E-state index is -1.03. The Morgan fingerprint density at radius 3 is 2.58 bits per heavy atom. The maximum absolute atomic E-state index is 15.0. The fourth-order valence-electron chi connectivity index (χ4n) is 4.49. The molecule has 0 amide bonds. The molecule has 1 aliphatic heterocycles. The molecule has 33 heavy (non-hydrogen) atoms. The Morgan fingerprint density at radius 2 is 1.91 bits per heavy atom. The van der Waals surface area contributed by atoms with Crippen LogP contribution in [0.25, 0.3) is 0 Å². The van der Waals surface area contributed by atoms with Crippen molar-refractivity contribution in [3.8, 4) is 0 Å². The molecule has 0 fully saturated rings. The van der Waals surface area contributed by atoms with Gasteiger partial charge in [-0.1, -0.05) is 32.0 Å². The van der Waals surface area contributed by atoms with E-state index in [0.717, 1.165) is 6.42 Å². The van der Waals surface area contributed by atoms with Gasteiger partial charge in [0.2, 0.25) is 0 Å². The predicted octanol–water partition coefficient (Wildman–Crippen LogP) is 3.41. The van der Waals surface area contributed by atoms with E-state index in [1.54, 1.807) is 26.0 Å². The average molecular weight is 460 g/mol. The summed E-state index contributed by atoms with van der Waals surface area (Å²) in [7, 11) is 1.23. The van der Waals surface area contributed by atoms with Crippen molar-refractivity contribution in [1.29, 1.82) is 0 Å². The van der Waals surface area contributed by atoms with Crippen molar-refractivity contribution in [2.24, 2.45) is 11.8 Å². The number of Topliss-reactive ketones (excluding diaryl/α,β-unsaturated/α-hetero) is 1. The number of allylic oxidation sites excluding steroid dienone is 3. The Bertz CT molecular complexity index is 998. The molecule has 0 saturated carbocycles. The van der Waals surface area contributed by atoms with Crippen LogP contribution in [0, 0.1) is 17.7 Å². The molecule has 3 rings (SSSR count). The SMILES string of the molecule is CCCOCCOC(=O)C1=C(C)NC2=C(C(=O)[C@H](C(=O)OC)[C@H](C)C2)[C@@H]1c1ccccc1F. The zero-order chi connectivity index (χ0) is 24.1. The van der Waals surface area contributed by atoms with Crippen molar-refractivity contribution in [3.63, 3.8) is 0 Å². The molecule has 0 aromatic heterocycles. The van der Waals surface area contributed by atoms with Crippen molar-refractivity contribution in [2.45, 2.75) is 39.5 Å². The third-order valence-corrected chi connectivity index (χ3v) is 5.99. The number of hydrogen-bond acceptors (Lipinski definition) is 7. The number of esters is 2. The van der Waals surface area contributed by atoms with Gasteiger partial charge in [0, 0.05) is 29.1 Å². The molecule has 1 heterocycles. The Hall–Kier alpha value is -3.00. The van der Waals surface area contributed by atoms with Crippen molar-refractivity contribution in [1.82, 2.24) is 5.32 Å². The number of rotatable bonds is 8.